The molecule has 0 bridgehead atoms. The van der Waals surface area contributed by atoms with Gasteiger partial charge < -0.3 is 4.42 Å². The van der Waals surface area contributed by atoms with Crippen molar-refractivity contribution in [1.82, 2.24) is 5.32 Å². The van der Waals surface area contributed by atoms with Crippen LogP contribution in [0.15, 0.2) is 70.7 Å². The van der Waals surface area contributed by atoms with Crippen molar-refractivity contribution in [2.45, 2.75) is 6.18 Å². The van der Waals surface area contributed by atoms with E-state index >= 15 is 0 Å². The van der Waals surface area contributed by atoms with E-state index in [0.29, 0.717) is 10.8 Å². The quantitative estimate of drug-likeness (QED) is 0.310. The second kappa shape index (κ2) is 8.25. The molecule has 1 fully saturated rings. The molecule has 1 N–H and O–H groups in total. The third kappa shape index (κ3) is 4.30. The number of nitrogens with zero attached hydrogens (tertiary/aromatic N) is 1. The van der Waals surface area contributed by atoms with Crippen LogP contribution in [-0.2, 0) is 15.8 Å². The molecule has 0 radical (unpaired) electrons. The van der Waals surface area contributed by atoms with Crippen LogP contribution in [-0.4, -0.2) is 16.9 Å². The summed E-state index contributed by atoms with van der Waals surface area (Å²) >= 11 is 10.9. The highest BCUT2D eigenvalue weighted by molar-refractivity contribution is 7.80. The van der Waals surface area contributed by atoms with Gasteiger partial charge in [-0.2, -0.15) is 13.2 Å². The monoisotopic (exact) mass is 476 g/mol. The molecule has 0 spiro atoms. The van der Waals surface area contributed by atoms with E-state index in [0.717, 1.165) is 28.7 Å². The SMILES string of the molecule is O=C1NC(=S)N(c2cccc(C(F)(F)F)c2)C(=O)/C1=C/c1ccc(-c2ccc(Cl)cc2)o1. The van der Waals surface area contributed by atoms with Gasteiger partial charge in [0.1, 0.15) is 17.1 Å². The Morgan fingerprint density at radius 3 is 2.44 bits per heavy atom. The minimum absolute atomic E-state index is 0.123. The van der Waals surface area contributed by atoms with Gasteiger partial charge in [0.05, 0.1) is 11.3 Å². The summed E-state index contributed by atoms with van der Waals surface area (Å²) in [4.78, 5) is 26.2. The predicted octanol–water partition coefficient (Wildman–Crippen LogP) is 5.45. The van der Waals surface area contributed by atoms with Crippen molar-refractivity contribution in [2.75, 3.05) is 4.90 Å². The van der Waals surface area contributed by atoms with E-state index in [2.05, 4.69) is 5.32 Å². The van der Waals surface area contributed by atoms with Crippen LogP contribution in [0.5, 0.6) is 0 Å². The minimum atomic E-state index is -4.61. The molecule has 2 heterocycles. The highest BCUT2D eigenvalue weighted by Crippen LogP contribution is 2.33. The molecule has 1 saturated heterocycles. The Balaban J connectivity index is 1.67. The fourth-order valence-corrected chi connectivity index (χ4v) is 3.46. The van der Waals surface area contributed by atoms with Gasteiger partial charge >= 0.3 is 6.18 Å². The molecule has 3 aromatic rings. The summed E-state index contributed by atoms with van der Waals surface area (Å²) in [6, 6.07) is 14.2. The lowest BCUT2D eigenvalue weighted by molar-refractivity contribution is -0.137. The van der Waals surface area contributed by atoms with E-state index in [1.165, 1.54) is 12.1 Å². The molecular weight excluding hydrogens is 465 g/mol. The molecule has 0 unspecified atom stereocenters. The van der Waals surface area contributed by atoms with E-state index in [4.69, 9.17) is 28.2 Å². The number of carbonyl (C=O) groups is 2. The number of thiocarbonyl (C=S) groups is 1. The van der Waals surface area contributed by atoms with Gasteiger partial charge in [0.25, 0.3) is 11.8 Å². The first-order valence-electron chi connectivity index (χ1n) is 9.08. The predicted molar refractivity (Wildman–Crippen MR) is 117 cm³/mol. The molecule has 2 aromatic carbocycles. The van der Waals surface area contributed by atoms with Crippen molar-refractivity contribution in [2.24, 2.45) is 0 Å². The van der Waals surface area contributed by atoms with Crippen molar-refractivity contribution >= 4 is 52.5 Å². The summed E-state index contributed by atoms with van der Waals surface area (Å²) in [6.07, 6.45) is -3.40. The standard InChI is InChI=1S/C22H12ClF3N2O3S/c23-14-6-4-12(5-7-14)18-9-8-16(31-18)11-17-19(29)27-21(32)28(20(17)30)15-3-1-2-13(10-15)22(24,25)26/h1-11H,(H,27,29,32)/b17-11+. The number of benzene rings is 2. The third-order valence-electron chi connectivity index (χ3n) is 4.58. The van der Waals surface area contributed by atoms with E-state index < -0.39 is 23.6 Å². The zero-order valence-electron chi connectivity index (χ0n) is 15.9. The first-order valence-corrected chi connectivity index (χ1v) is 9.86. The molecule has 0 saturated carbocycles. The van der Waals surface area contributed by atoms with Gasteiger partial charge in [-0.25, -0.2) is 0 Å². The summed E-state index contributed by atoms with van der Waals surface area (Å²) < 4.78 is 44.9. The van der Waals surface area contributed by atoms with Crippen molar-refractivity contribution in [3.05, 3.63) is 82.6 Å². The number of anilines is 1. The van der Waals surface area contributed by atoms with Gasteiger partial charge in [-0.15, -0.1) is 0 Å². The zero-order chi connectivity index (χ0) is 23.0. The highest BCUT2D eigenvalue weighted by Gasteiger charge is 2.36. The van der Waals surface area contributed by atoms with Crippen LogP contribution in [0, 0.1) is 0 Å². The first-order chi connectivity index (χ1) is 15.1. The molecule has 1 aliphatic rings. The number of carbonyl (C=O) groups excluding carboxylic acids is 2. The average molecular weight is 477 g/mol. The van der Waals surface area contributed by atoms with Gasteiger partial charge in [0, 0.05) is 10.6 Å². The molecule has 5 nitrogen and oxygen atoms in total. The highest BCUT2D eigenvalue weighted by atomic mass is 35.5. The van der Waals surface area contributed by atoms with E-state index in [1.807, 2.05) is 0 Å². The fourth-order valence-electron chi connectivity index (χ4n) is 3.06. The van der Waals surface area contributed by atoms with Gasteiger partial charge in [-0.1, -0.05) is 17.7 Å². The molecule has 10 heteroatoms. The molecule has 0 atom stereocenters. The van der Waals surface area contributed by atoms with Crippen LogP contribution in [0.3, 0.4) is 0 Å². The normalized spacial score (nSPS) is 15.9. The molecular formula is C22H12ClF3N2O3S. The maximum Gasteiger partial charge on any atom is 0.416 e. The molecule has 0 aliphatic carbocycles. The number of furan rings is 1. The Labute approximate surface area is 190 Å². The minimum Gasteiger partial charge on any atom is -0.457 e. The Kier molecular flexibility index (Phi) is 5.62. The average Bonchev–Trinajstić information content (AvgIpc) is 3.20. The summed E-state index contributed by atoms with van der Waals surface area (Å²) in [5.74, 6) is -0.983. The summed E-state index contributed by atoms with van der Waals surface area (Å²) in [6.45, 7) is 0. The number of nitrogens with one attached hydrogen (secondary N) is 1. The summed E-state index contributed by atoms with van der Waals surface area (Å²) in [5, 5.41) is 2.56. The number of halogens is 4. The van der Waals surface area contributed by atoms with E-state index in [-0.39, 0.29) is 22.1 Å². The van der Waals surface area contributed by atoms with Gasteiger partial charge in [0.2, 0.25) is 0 Å². The van der Waals surface area contributed by atoms with E-state index in [9.17, 15) is 22.8 Å². The maximum absolute atomic E-state index is 13.1. The largest absolute Gasteiger partial charge is 0.457 e. The van der Waals surface area contributed by atoms with Gasteiger partial charge in [0.15, 0.2) is 5.11 Å². The molecule has 162 valence electrons. The molecule has 32 heavy (non-hydrogen) atoms. The van der Waals surface area contributed by atoms with Crippen molar-refractivity contribution in [3.63, 3.8) is 0 Å². The van der Waals surface area contributed by atoms with Crippen LogP contribution in [0.1, 0.15) is 11.3 Å². The van der Waals surface area contributed by atoms with Crippen molar-refractivity contribution in [3.8, 4) is 11.3 Å². The van der Waals surface area contributed by atoms with Crippen LogP contribution < -0.4 is 10.2 Å². The van der Waals surface area contributed by atoms with Crippen LogP contribution in [0.25, 0.3) is 17.4 Å². The Bertz CT molecular complexity index is 1270. The topological polar surface area (TPSA) is 62.6 Å². The summed E-state index contributed by atoms with van der Waals surface area (Å²) in [5.41, 5.74) is -0.688. The Hall–Kier alpha value is -3.43. The van der Waals surface area contributed by atoms with Crippen LogP contribution >= 0.6 is 23.8 Å². The second-order valence-corrected chi connectivity index (χ2v) is 7.54. The number of alkyl halides is 3. The Morgan fingerprint density at radius 1 is 1.03 bits per heavy atom. The lowest BCUT2D eigenvalue weighted by atomic mass is 10.1. The number of amides is 2. The smallest absolute Gasteiger partial charge is 0.416 e. The summed E-state index contributed by atoms with van der Waals surface area (Å²) in [7, 11) is 0. The van der Waals surface area contributed by atoms with Gasteiger partial charge in [-0.3, -0.25) is 19.8 Å². The number of hydrogen-bond donors (Lipinski definition) is 1. The Morgan fingerprint density at radius 2 is 1.75 bits per heavy atom. The second-order valence-electron chi connectivity index (χ2n) is 6.71. The van der Waals surface area contributed by atoms with Gasteiger partial charge in [-0.05, 0) is 72.9 Å². The van der Waals surface area contributed by atoms with Crippen molar-refractivity contribution in [1.29, 1.82) is 0 Å². The molecule has 4 rings (SSSR count). The molecule has 2 amide bonds. The lowest BCUT2D eigenvalue weighted by Gasteiger charge is -2.29. The molecule has 1 aliphatic heterocycles. The fraction of sp³-hybridized carbons (Fsp3) is 0.0455. The first kappa shape index (κ1) is 21.8. The number of hydrogen-bond acceptors (Lipinski definition) is 4. The van der Waals surface area contributed by atoms with E-state index in [1.54, 1.807) is 36.4 Å². The number of rotatable bonds is 3. The third-order valence-corrected chi connectivity index (χ3v) is 5.11. The van der Waals surface area contributed by atoms with Crippen LogP contribution in [0.4, 0.5) is 18.9 Å². The lowest BCUT2D eigenvalue weighted by Crippen LogP contribution is -2.54. The molecule has 1 aromatic heterocycles. The van der Waals surface area contributed by atoms with Crippen LogP contribution in [0.2, 0.25) is 5.02 Å². The zero-order valence-corrected chi connectivity index (χ0v) is 17.5. The van der Waals surface area contributed by atoms with Crippen molar-refractivity contribution < 1.29 is 27.2 Å². The maximum atomic E-state index is 13.1.